The van der Waals surface area contributed by atoms with Gasteiger partial charge in [0.05, 0.1) is 0 Å². The van der Waals surface area contributed by atoms with E-state index in [1.165, 1.54) is 25.7 Å². The van der Waals surface area contributed by atoms with Gasteiger partial charge in [0, 0.05) is 17.7 Å². The van der Waals surface area contributed by atoms with E-state index in [2.05, 4.69) is 5.32 Å². The number of carbonyl (C=O) groups excluding carboxylic acids is 2. The lowest BCUT2D eigenvalue weighted by Crippen LogP contribution is -2.20. The quantitative estimate of drug-likeness (QED) is 0.884. The number of hydrogen-bond donors (Lipinski definition) is 2. The van der Waals surface area contributed by atoms with E-state index >= 15 is 0 Å². The average molecular weight is 272 g/mol. The first-order valence-corrected chi connectivity index (χ1v) is 7.31. The molecule has 2 amide bonds. The van der Waals surface area contributed by atoms with Crippen LogP contribution >= 0.6 is 0 Å². The summed E-state index contributed by atoms with van der Waals surface area (Å²) in [5.74, 6) is 1.83. The molecule has 3 atom stereocenters. The summed E-state index contributed by atoms with van der Waals surface area (Å²) < 4.78 is 0. The molecule has 3 rings (SSSR count). The van der Waals surface area contributed by atoms with E-state index in [1.807, 2.05) is 0 Å². The molecule has 3 N–H and O–H groups in total. The minimum atomic E-state index is -0.454. The van der Waals surface area contributed by atoms with Crippen molar-refractivity contribution >= 4 is 17.5 Å². The number of primary amides is 1. The molecule has 1 aromatic carbocycles. The maximum absolute atomic E-state index is 12.1. The zero-order valence-corrected chi connectivity index (χ0v) is 11.5. The Labute approximate surface area is 118 Å². The first kappa shape index (κ1) is 13.2. The van der Waals surface area contributed by atoms with Gasteiger partial charge in [-0.25, -0.2) is 0 Å². The van der Waals surface area contributed by atoms with Crippen LogP contribution in [0.5, 0.6) is 0 Å². The lowest BCUT2D eigenvalue weighted by Gasteiger charge is -2.20. The van der Waals surface area contributed by atoms with Gasteiger partial charge >= 0.3 is 0 Å². The van der Waals surface area contributed by atoms with Crippen molar-refractivity contribution in [2.75, 3.05) is 5.32 Å². The van der Waals surface area contributed by atoms with E-state index in [0.717, 1.165) is 17.5 Å². The molecule has 2 saturated carbocycles. The summed E-state index contributed by atoms with van der Waals surface area (Å²) in [4.78, 5) is 23.0. The van der Waals surface area contributed by atoms with Crippen LogP contribution in [0.1, 0.15) is 42.5 Å². The lowest BCUT2D eigenvalue weighted by molar-refractivity contribution is -0.117. The second kappa shape index (κ2) is 5.27. The number of amides is 2. The highest BCUT2D eigenvalue weighted by Gasteiger charge is 2.40. The molecule has 0 spiro atoms. The maximum atomic E-state index is 12.1. The number of carbonyl (C=O) groups is 2. The molecule has 1 aromatic rings. The predicted molar refractivity (Wildman–Crippen MR) is 77.1 cm³/mol. The van der Waals surface area contributed by atoms with Crippen LogP contribution in [0.3, 0.4) is 0 Å². The van der Waals surface area contributed by atoms with Crippen LogP contribution in [-0.2, 0) is 4.79 Å². The largest absolute Gasteiger partial charge is 0.366 e. The zero-order valence-electron chi connectivity index (χ0n) is 11.5. The van der Waals surface area contributed by atoms with Gasteiger partial charge in [0.15, 0.2) is 0 Å². The fourth-order valence-corrected chi connectivity index (χ4v) is 3.79. The minimum Gasteiger partial charge on any atom is -0.366 e. The van der Waals surface area contributed by atoms with Gasteiger partial charge in [-0.15, -0.1) is 0 Å². The van der Waals surface area contributed by atoms with Crippen LogP contribution in [0.25, 0.3) is 0 Å². The van der Waals surface area contributed by atoms with Gasteiger partial charge in [-0.1, -0.05) is 6.42 Å². The van der Waals surface area contributed by atoms with Crippen molar-refractivity contribution in [3.63, 3.8) is 0 Å². The fourth-order valence-electron chi connectivity index (χ4n) is 3.79. The van der Waals surface area contributed by atoms with Gasteiger partial charge < -0.3 is 11.1 Å². The second-order valence-electron chi connectivity index (χ2n) is 6.13. The van der Waals surface area contributed by atoms with E-state index < -0.39 is 5.91 Å². The number of benzene rings is 1. The Hall–Kier alpha value is -1.84. The first-order chi connectivity index (χ1) is 9.61. The van der Waals surface area contributed by atoms with E-state index in [1.54, 1.807) is 24.3 Å². The smallest absolute Gasteiger partial charge is 0.248 e. The summed E-state index contributed by atoms with van der Waals surface area (Å²) in [6.07, 6.45) is 5.83. The van der Waals surface area contributed by atoms with Crippen LogP contribution in [0, 0.1) is 17.8 Å². The van der Waals surface area contributed by atoms with Crippen LogP contribution in [0.15, 0.2) is 24.3 Å². The summed E-state index contributed by atoms with van der Waals surface area (Å²) >= 11 is 0. The number of rotatable bonds is 4. The molecule has 0 heterocycles. The number of fused-ring (bicyclic) bond motifs is 2. The Bertz CT molecular complexity index is 524. The maximum Gasteiger partial charge on any atom is 0.248 e. The van der Waals surface area contributed by atoms with Crippen molar-refractivity contribution in [1.82, 2.24) is 0 Å². The highest BCUT2D eigenvalue weighted by molar-refractivity contribution is 5.94. The summed E-state index contributed by atoms with van der Waals surface area (Å²) in [5, 5.41) is 2.90. The van der Waals surface area contributed by atoms with Crippen molar-refractivity contribution in [1.29, 1.82) is 0 Å². The summed E-state index contributed by atoms with van der Waals surface area (Å²) in [5.41, 5.74) is 6.36. The van der Waals surface area contributed by atoms with Crippen molar-refractivity contribution in [3.8, 4) is 0 Å². The predicted octanol–water partition coefficient (Wildman–Crippen LogP) is 2.55. The summed E-state index contributed by atoms with van der Waals surface area (Å²) in [7, 11) is 0. The van der Waals surface area contributed by atoms with Gasteiger partial charge in [0.25, 0.3) is 0 Å². The SMILES string of the molecule is NC(=O)c1ccc(NC(=O)C[C@@H]2C[C@@H]3CC[C@@H]2C3)cc1. The zero-order chi connectivity index (χ0) is 14.1. The fraction of sp³-hybridized carbons (Fsp3) is 0.500. The van der Waals surface area contributed by atoms with Crippen molar-refractivity contribution in [2.24, 2.45) is 23.5 Å². The molecule has 0 unspecified atom stereocenters. The third-order valence-electron chi connectivity index (χ3n) is 4.79. The van der Waals surface area contributed by atoms with Crippen molar-refractivity contribution in [3.05, 3.63) is 29.8 Å². The standard InChI is InChI=1S/C16H20N2O2/c17-16(20)11-3-5-14(6-4-11)18-15(19)9-13-8-10-1-2-12(13)7-10/h3-6,10,12-13H,1-2,7-9H2,(H2,17,20)(H,18,19)/t10-,12-,13+/m1/s1. The Morgan fingerprint density at radius 2 is 1.90 bits per heavy atom. The number of nitrogens with one attached hydrogen (secondary N) is 1. The Morgan fingerprint density at radius 3 is 2.45 bits per heavy atom. The van der Waals surface area contributed by atoms with E-state index in [9.17, 15) is 9.59 Å². The van der Waals surface area contributed by atoms with E-state index in [-0.39, 0.29) is 5.91 Å². The van der Waals surface area contributed by atoms with Crippen molar-refractivity contribution in [2.45, 2.75) is 32.1 Å². The molecule has 2 fully saturated rings. The Balaban J connectivity index is 1.55. The molecule has 106 valence electrons. The molecule has 2 aliphatic rings. The van der Waals surface area contributed by atoms with Crippen LogP contribution in [-0.4, -0.2) is 11.8 Å². The molecular weight excluding hydrogens is 252 g/mol. The second-order valence-corrected chi connectivity index (χ2v) is 6.13. The van der Waals surface area contributed by atoms with Gasteiger partial charge in [-0.05, 0) is 61.3 Å². The highest BCUT2D eigenvalue weighted by atomic mass is 16.2. The molecule has 4 nitrogen and oxygen atoms in total. The molecule has 0 aliphatic heterocycles. The third kappa shape index (κ3) is 2.69. The van der Waals surface area contributed by atoms with Crippen LogP contribution < -0.4 is 11.1 Å². The first-order valence-electron chi connectivity index (χ1n) is 7.31. The van der Waals surface area contributed by atoms with Crippen LogP contribution in [0.2, 0.25) is 0 Å². The number of hydrogen-bond acceptors (Lipinski definition) is 2. The highest BCUT2D eigenvalue weighted by Crippen LogP contribution is 2.49. The van der Waals surface area contributed by atoms with Crippen LogP contribution in [0.4, 0.5) is 5.69 Å². The molecule has 20 heavy (non-hydrogen) atoms. The minimum absolute atomic E-state index is 0.0781. The van der Waals surface area contributed by atoms with Gasteiger partial charge in [0.1, 0.15) is 0 Å². The van der Waals surface area contributed by atoms with E-state index in [0.29, 0.717) is 17.9 Å². The normalized spacial score (nSPS) is 27.5. The average Bonchev–Trinajstić information content (AvgIpc) is 3.01. The lowest BCUT2D eigenvalue weighted by atomic mass is 9.86. The Kier molecular flexibility index (Phi) is 3.47. The monoisotopic (exact) mass is 272 g/mol. The van der Waals surface area contributed by atoms with E-state index in [4.69, 9.17) is 5.73 Å². The van der Waals surface area contributed by atoms with Gasteiger partial charge in [-0.3, -0.25) is 9.59 Å². The van der Waals surface area contributed by atoms with Gasteiger partial charge in [-0.2, -0.15) is 0 Å². The summed E-state index contributed by atoms with van der Waals surface area (Å²) in [6.45, 7) is 0. The third-order valence-corrected chi connectivity index (χ3v) is 4.79. The molecule has 2 aliphatic carbocycles. The topological polar surface area (TPSA) is 72.2 Å². The number of anilines is 1. The van der Waals surface area contributed by atoms with Crippen molar-refractivity contribution < 1.29 is 9.59 Å². The molecule has 0 radical (unpaired) electrons. The Morgan fingerprint density at radius 1 is 1.15 bits per heavy atom. The molecule has 0 aromatic heterocycles. The summed E-state index contributed by atoms with van der Waals surface area (Å²) in [6, 6.07) is 6.71. The van der Waals surface area contributed by atoms with Gasteiger partial charge in [0.2, 0.25) is 11.8 Å². The molecular formula is C16H20N2O2. The molecule has 0 saturated heterocycles. The molecule has 2 bridgehead atoms. The molecule has 4 heteroatoms. The number of nitrogens with two attached hydrogens (primary N) is 1.